The molecule has 8 heteroatoms. The van der Waals surface area contributed by atoms with Crippen LogP contribution in [-0.2, 0) is 20.9 Å². The van der Waals surface area contributed by atoms with Crippen molar-refractivity contribution in [1.82, 2.24) is 9.80 Å². The fraction of sp³-hybridized carbons (Fsp3) is 0.167. The maximum absolute atomic E-state index is 11.9. The smallest absolute Gasteiger partial charge is 0.335 e. The SMILES string of the molecule is O=C(O)CN1C(=O)C(=O)N(Cc2cccc(Br)c2)C1=O. The monoisotopic (exact) mass is 340 g/mol. The number of aliphatic carboxylic acids is 1. The average molecular weight is 341 g/mol. The highest BCUT2D eigenvalue weighted by molar-refractivity contribution is 9.10. The fourth-order valence-electron chi connectivity index (χ4n) is 1.78. The second-order valence-corrected chi connectivity index (χ2v) is 5.00. The predicted octanol–water partition coefficient (Wildman–Crippen LogP) is 0.824. The van der Waals surface area contributed by atoms with Gasteiger partial charge in [0.15, 0.2) is 0 Å². The summed E-state index contributed by atoms with van der Waals surface area (Å²) in [5, 5.41) is 8.63. The molecule has 7 nitrogen and oxygen atoms in total. The summed E-state index contributed by atoms with van der Waals surface area (Å²) < 4.78 is 0.766. The predicted molar refractivity (Wildman–Crippen MR) is 69.4 cm³/mol. The van der Waals surface area contributed by atoms with Crippen LogP contribution in [-0.4, -0.2) is 45.3 Å². The van der Waals surface area contributed by atoms with E-state index in [1.165, 1.54) is 0 Å². The van der Waals surface area contributed by atoms with E-state index < -0.39 is 30.4 Å². The van der Waals surface area contributed by atoms with Crippen molar-refractivity contribution in [3.63, 3.8) is 0 Å². The quantitative estimate of drug-likeness (QED) is 0.646. The molecular weight excluding hydrogens is 332 g/mol. The van der Waals surface area contributed by atoms with Gasteiger partial charge in [-0.15, -0.1) is 0 Å². The summed E-state index contributed by atoms with van der Waals surface area (Å²) in [5.74, 6) is -3.49. The van der Waals surface area contributed by atoms with Crippen molar-refractivity contribution in [1.29, 1.82) is 0 Å². The topological polar surface area (TPSA) is 95.0 Å². The number of hydrogen-bond donors (Lipinski definition) is 1. The van der Waals surface area contributed by atoms with Gasteiger partial charge in [0, 0.05) is 4.47 Å². The normalized spacial score (nSPS) is 15.2. The maximum atomic E-state index is 11.9. The molecule has 20 heavy (non-hydrogen) atoms. The van der Waals surface area contributed by atoms with E-state index in [0.29, 0.717) is 10.5 Å². The Labute approximate surface area is 121 Å². The van der Waals surface area contributed by atoms with Crippen LogP contribution >= 0.6 is 15.9 Å². The number of amides is 4. The van der Waals surface area contributed by atoms with Crippen LogP contribution in [0, 0.1) is 0 Å². The molecule has 0 saturated carbocycles. The van der Waals surface area contributed by atoms with Crippen molar-refractivity contribution in [2.24, 2.45) is 0 Å². The lowest BCUT2D eigenvalue weighted by atomic mass is 10.2. The van der Waals surface area contributed by atoms with Crippen LogP contribution in [0.25, 0.3) is 0 Å². The van der Waals surface area contributed by atoms with Crippen LogP contribution in [0.4, 0.5) is 4.79 Å². The van der Waals surface area contributed by atoms with Crippen molar-refractivity contribution < 1.29 is 24.3 Å². The number of benzene rings is 1. The second kappa shape index (κ2) is 5.41. The molecule has 1 saturated heterocycles. The summed E-state index contributed by atoms with van der Waals surface area (Å²) in [6.45, 7) is -0.905. The van der Waals surface area contributed by atoms with E-state index in [4.69, 9.17) is 5.11 Å². The Balaban J connectivity index is 2.20. The number of nitrogens with zero attached hydrogens (tertiary/aromatic N) is 2. The van der Waals surface area contributed by atoms with Gasteiger partial charge in [0.2, 0.25) is 0 Å². The number of imide groups is 2. The van der Waals surface area contributed by atoms with E-state index in [1.807, 2.05) is 0 Å². The number of urea groups is 1. The standard InChI is InChI=1S/C12H9BrN2O5/c13-8-3-1-2-7(4-8)5-14-10(18)11(19)15(12(14)20)6-9(16)17/h1-4H,5-6H2,(H,16,17). The van der Waals surface area contributed by atoms with E-state index in [2.05, 4.69) is 15.9 Å². The molecule has 104 valence electrons. The number of halogens is 1. The Bertz CT molecular complexity index is 616. The zero-order valence-electron chi connectivity index (χ0n) is 10.1. The van der Waals surface area contributed by atoms with Crippen LogP contribution in [0.1, 0.15) is 5.56 Å². The van der Waals surface area contributed by atoms with Crippen LogP contribution in [0.2, 0.25) is 0 Å². The van der Waals surface area contributed by atoms with E-state index in [-0.39, 0.29) is 6.54 Å². The lowest BCUT2D eigenvalue weighted by Gasteiger charge is -2.14. The number of rotatable bonds is 4. The Hall–Kier alpha value is -2.22. The molecule has 0 aromatic heterocycles. The van der Waals surface area contributed by atoms with Crippen molar-refractivity contribution >= 4 is 39.7 Å². The summed E-state index contributed by atoms with van der Waals surface area (Å²) in [5.41, 5.74) is 0.644. The van der Waals surface area contributed by atoms with Crippen LogP contribution in [0.15, 0.2) is 28.7 Å². The minimum Gasteiger partial charge on any atom is -0.480 e. The Morgan fingerprint density at radius 3 is 2.40 bits per heavy atom. The molecule has 0 bridgehead atoms. The Kier molecular flexibility index (Phi) is 3.84. The number of carbonyl (C=O) groups excluding carboxylic acids is 3. The Morgan fingerprint density at radius 2 is 1.80 bits per heavy atom. The molecule has 1 N–H and O–H groups in total. The van der Waals surface area contributed by atoms with Gasteiger partial charge in [0.05, 0.1) is 6.54 Å². The van der Waals surface area contributed by atoms with Crippen molar-refractivity contribution in [2.45, 2.75) is 6.54 Å². The molecule has 1 aromatic rings. The molecule has 0 radical (unpaired) electrons. The van der Waals surface area contributed by atoms with Gasteiger partial charge < -0.3 is 5.11 Å². The molecule has 4 amide bonds. The van der Waals surface area contributed by atoms with Crippen LogP contribution < -0.4 is 0 Å². The van der Waals surface area contributed by atoms with Gasteiger partial charge in [0.25, 0.3) is 0 Å². The first-order chi connectivity index (χ1) is 9.40. The molecule has 2 rings (SSSR count). The molecular formula is C12H9BrN2O5. The molecule has 1 heterocycles. The van der Waals surface area contributed by atoms with E-state index in [1.54, 1.807) is 24.3 Å². The molecule has 1 aliphatic heterocycles. The highest BCUT2D eigenvalue weighted by Gasteiger charge is 2.45. The first-order valence-corrected chi connectivity index (χ1v) is 6.33. The summed E-state index contributed by atoms with van der Waals surface area (Å²) in [7, 11) is 0. The van der Waals surface area contributed by atoms with Gasteiger partial charge in [0.1, 0.15) is 6.54 Å². The zero-order valence-corrected chi connectivity index (χ0v) is 11.7. The number of carbonyl (C=O) groups is 4. The highest BCUT2D eigenvalue weighted by atomic mass is 79.9. The summed E-state index contributed by atoms with van der Waals surface area (Å²) >= 11 is 3.25. The molecule has 1 aromatic carbocycles. The number of carboxylic acid groups (broad SMARTS) is 1. The molecule has 0 unspecified atom stereocenters. The zero-order chi connectivity index (χ0) is 14.9. The molecule has 0 aliphatic carbocycles. The third kappa shape index (κ3) is 2.69. The third-order valence-corrected chi connectivity index (χ3v) is 3.15. The van der Waals surface area contributed by atoms with Crippen molar-refractivity contribution in [3.05, 3.63) is 34.3 Å². The number of carboxylic acids is 1. The van der Waals surface area contributed by atoms with E-state index in [0.717, 1.165) is 9.37 Å². The molecule has 1 aliphatic rings. The van der Waals surface area contributed by atoms with Crippen LogP contribution in [0.5, 0.6) is 0 Å². The molecule has 0 atom stereocenters. The minimum absolute atomic E-state index is 0.0844. The van der Waals surface area contributed by atoms with Crippen molar-refractivity contribution in [3.8, 4) is 0 Å². The number of hydrogen-bond acceptors (Lipinski definition) is 4. The van der Waals surface area contributed by atoms with Gasteiger partial charge in [-0.05, 0) is 17.7 Å². The maximum Gasteiger partial charge on any atom is 0.335 e. The summed E-state index contributed by atoms with van der Waals surface area (Å²) in [6.07, 6.45) is 0. The molecule has 0 spiro atoms. The van der Waals surface area contributed by atoms with Gasteiger partial charge in [-0.2, -0.15) is 0 Å². The first kappa shape index (κ1) is 14.2. The lowest BCUT2D eigenvalue weighted by molar-refractivity contribution is -0.146. The second-order valence-electron chi connectivity index (χ2n) is 4.09. The fourth-order valence-corrected chi connectivity index (χ4v) is 2.23. The van der Waals surface area contributed by atoms with Gasteiger partial charge in [-0.25, -0.2) is 9.69 Å². The summed E-state index contributed by atoms with van der Waals surface area (Å²) in [4.78, 5) is 46.9. The van der Waals surface area contributed by atoms with Gasteiger partial charge in [-0.3, -0.25) is 19.3 Å². The summed E-state index contributed by atoms with van der Waals surface area (Å²) in [6, 6.07) is 5.98. The van der Waals surface area contributed by atoms with E-state index >= 15 is 0 Å². The lowest BCUT2D eigenvalue weighted by Crippen LogP contribution is -2.36. The first-order valence-electron chi connectivity index (χ1n) is 5.53. The van der Waals surface area contributed by atoms with Crippen LogP contribution in [0.3, 0.4) is 0 Å². The Morgan fingerprint density at radius 1 is 1.15 bits per heavy atom. The van der Waals surface area contributed by atoms with Crippen molar-refractivity contribution in [2.75, 3.05) is 6.54 Å². The average Bonchev–Trinajstić information content (AvgIpc) is 2.56. The highest BCUT2D eigenvalue weighted by Crippen LogP contribution is 2.18. The largest absolute Gasteiger partial charge is 0.480 e. The van der Waals surface area contributed by atoms with E-state index in [9.17, 15) is 19.2 Å². The van der Waals surface area contributed by atoms with Gasteiger partial charge in [-0.1, -0.05) is 28.1 Å². The molecule has 1 fully saturated rings. The van der Waals surface area contributed by atoms with Gasteiger partial charge >= 0.3 is 23.8 Å². The minimum atomic E-state index is -1.36. The third-order valence-electron chi connectivity index (χ3n) is 2.66.